The van der Waals surface area contributed by atoms with E-state index in [1.807, 2.05) is 13.8 Å². The van der Waals surface area contributed by atoms with E-state index in [-0.39, 0.29) is 25.0 Å². The quantitative estimate of drug-likeness (QED) is 0.770. The van der Waals surface area contributed by atoms with E-state index in [2.05, 4.69) is 0 Å². The van der Waals surface area contributed by atoms with Crippen LogP contribution in [-0.4, -0.2) is 35.5 Å². The summed E-state index contributed by atoms with van der Waals surface area (Å²) in [5.41, 5.74) is 0.0943. The van der Waals surface area contributed by atoms with Gasteiger partial charge >= 0.3 is 0 Å². The van der Waals surface area contributed by atoms with Crippen molar-refractivity contribution in [3.63, 3.8) is 0 Å². The molecule has 0 aliphatic carbocycles. The first kappa shape index (κ1) is 12.0. The smallest absolute Gasteiger partial charge is 0.254 e. The topological polar surface area (TPSA) is 55.8 Å². The van der Waals surface area contributed by atoms with E-state index in [9.17, 15) is 9.59 Å². The molecule has 3 rings (SSSR count). The third kappa shape index (κ3) is 1.95. The van der Waals surface area contributed by atoms with Gasteiger partial charge in [-0.15, -0.1) is 0 Å². The molecule has 1 fully saturated rings. The Bertz CT molecular complexity index is 565. The fraction of sp³-hybridized carbons (Fsp3) is 0.429. The van der Waals surface area contributed by atoms with Crippen LogP contribution in [-0.2, 0) is 4.79 Å². The first-order valence-electron chi connectivity index (χ1n) is 6.21. The number of nitrogens with zero attached hydrogens (tertiary/aromatic N) is 1. The largest absolute Gasteiger partial charge is 0.454 e. The monoisotopic (exact) mass is 261 g/mol. The van der Waals surface area contributed by atoms with Crippen LogP contribution in [0.5, 0.6) is 11.5 Å². The molecule has 0 spiro atoms. The maximum absolute atomic E-state index is 12.5. The van der Waals surface area contributed by atoms with Crippen molar-refractivity contribution in [2.75, 3.05) is 13.3 Å². The molecule has 1 aromatic carbocycles. The number of Topliss-reactive ketones (excluding diaryl/α,β-unsaturated/α-hetero) is 1. The van der Waals surface area contributed by atoms with Crippen molar-refractivity contribution >= 4 is 11.7 Å². The van der Waals surface area contributed by atoms with E-state index in [1.165, 1.54) is 0 Å². The second-order valence-corrected chi connectivity index (χ2v) is 5.49. The maximum Gasteiger partial charge on any atom is 0.254 e. The molecule has 100 valence electrons. The highest BCUT2D eigenvalue weighted by Crippen LogP contribution is 2.34. The molecule has 0 radical (unpaired) electrons. The Morgan fingerprint density at radius 2 is 2.00 bits per heavy atom. The van der Waals surface area contributed by atoms with Gasteiger partial charge in [-0.25, -0.2) is 0 Å². The molecule has 1 saturated heterocycles. The van der Waals surface area contributed by atoms with Crippen LogP contribution in [0.1, 0.15) is 30.6 Å². The zero-order valence-corrected chi connectivity index (χ0v) is 10.9. The SMILES string of the molecule is CC1(C)CC(=O)CN1C(=O)c1ccc2c(c1)OCO2. The second-order valence-electron chi connectivity index (χ2n) is 5.49. The third-order valence-corrected chi connectivity index (χ3v) is 3.56. The molecule has 2 aliphatic rings. The fourth-order valence-electron chi connectivity index (χ4n) is 2.56. The van der Waals surface area contributed by atoms with Gasteiger partial charge in [0.25, 0.3) is 5.91 Å². The third-order valence-electron chi connectivity index (χ3n) is 3.56. The van der Waals surface area contributed by atoms with Gasteiger partial charge in [-0.3, -0.25) is 9.59 Å². The Kier molecular flexibility index (Phi) is 2.52. The fourth-order valence-corrected chi connectivity index (χ4v) is 2.56. The van der Waals surface area contributed by atoms with Gasteiger partial charge in [-0.2, -0.15) is 0 Å². The lowest BCUT2D eigenvalue weighted by Crippen LogP contribution is -2.42. The Hall–Kier alpha value is -2.04. The van der Waals surface area contributed by atoms with Crippen molar-refractivity contribution < 1.29 is 19.1 Å². The average Bonchev–Trinajstić information content (AvgIpc) is 2.90. The summed E-state index contributed by atoms with van der Waals surface area (Å²) in [5, 5.41) is 0. The van der Waals surface area contributed by atoms with Crippen molar-refractivity contribution in [1.82, 2.24) is 4.90 Å². The molecule has 0 atom stereocenters. The van der Waals surface area contributed by atoms with Crippen molar-refractivity contribution in [3.05, 3.63) is 23.8 Å². The normalized spacial score (nSPS) is 19.9. The summed E-state index contributed by atoms with van der Waals surface area (Å²) in [6.45, 7) is 4.17. The number of fused-ring (bicyclic) bond motifs is 1. The summed E-state index contributed by atoms with van der Waals surface area (Å²) < 4.78 is 10.5. The Morgan fingerprint density at radius 3 is 2.68 bits per heavy atom. The number of ether oxygens (including phenoxy) is 2. The van der Waals surface area contributed by atoms with Crippen LogP contribution in [0, 0.1) is 0 Å². The lowest BCUT2D eigenvalue weighted by molar-refractivity contribution is -0.116. The van der Waals surface area contributed by atoms with E-state index < -0.39 is 5.54 Å². The van der Waals surface area contributed by atoms with Crippen LogP contribution >= 0.6 is 0 Å². The van der Waals surface area contributed by atoms with Gasteiger partial charge in [0.2, 0.25) is 6.79 Å². The summed E-state index contributed by atoms with van der Waals surface area (Å²) in [7, 11) is 0. The van der Waals surface area contributed by atoms with Crippen molar-refractivity contribution in [1.29, 1.82) is 0 Å². The van der Waals surface area contributed by atoms with Crippen LogP contribution in [0.25, 0.3) is 0 Å². The Labute approximate surface area is 111 Å². The van der Waals surface area contributed by atoms with E-state index in [0.717, 1.165) is 0 Å². The molecule has 0 N–H and O–H groups in total. The summed E-state index contributed by atoms with van der Waals surface area (Å²) in [6, 6.07) is 5.10. The number of hydrogen-bond donors (Lipinski definition) is 0. The van der Waals surface area contributed by atoms with Crippen LogP contribution < -0.4 is 9.47 Å². The van der Waals surface area contributed by atoms with Gasteiger partial charge in [0.05, 0.1) is 6.54 Å². The molecule has 2 heterocycles. The number of carbonyl (C=O) groups is 2. The molecule has 5 heteroatoms. The number of carbonyl (C=O) groups excluding carboxylic acids is 2. The maximum atomic E-state index is 12.5. The molecule has 2 aliphatic heterocycles. The number of hydrogen-bond acceptors (Lipinski definition) is 4. The van der Waals surface area contributed by atoms with E-state index in [4.69, 9.17) is 9.47 Å². The number of rotatable bonds is 1. The van der Waals surface area contributed by atoms with Gasteiger partial charge in [-0.05, 0) is 32.0 Å². The number of likely N-dealkylation sites (tertiary alicyclic amines) is 1. The number of amides is 1. The van der Waals surface area contributed by atoms with E-state index in [1.54, 1.807) is 23.1 Å². The minimum absolute atomic E-state index is 0.0964. The molecule has 19 heavy (non-hydrogen) atoms. The number of ketones is 1. The molecule has 0 aromatic heterocycles. The predicted molar refractivity (Wildman–Crippen MR) is 67.3 cm³/mol. The minimum Gasteiger partial charge on any atom is -0.454 e. The van der Waals surface area contributed by atoms with Gasteiger partial charge in [0.15, 0.2) is 17.3 Å². The summed E-state index contributed by atoms with van der Waals surface area (Å²) in [5.74, 6) is 1.18. The zero-order chi connectivity index (χ0) is 13.6. The van der Waals surface area contributed by atoms with Gasteiger partial charge in [0, 0.05) is 17.5 Å². The second kappa shape index (κ2) is 3.98. The summed E-state index contributed by atoms with van der Waals surface area (Å²) in [6.07, 6.45) is 0.406. The zero-order valence-electron chi connectivity index (χ0n) is 10.9. The lowest BCUT2D eigenvalue weighted by atomic mass is 10.0. The molecule has 0 saturated carbocycles. The summed E-state index contributed by atoms with van der Waals surface area (Å²) in [4.78, 5) is 25.7. The molecular weight excluding hydrogens is 246 g/mol. The van der Waals surface area contributed by atoms with E-state index >= 15 is 0 Å². The van der Waals surface area contributed by atoms with Crippen LogP contribution in [0.4, 0.5) is 0 Å². The first-order valence-corrected chi connectivity index (χ1v) is 6.21. The highest BCUT2D eigenvalue weighted by Gasteiger charge is 2.40. The minimum atomic E-state index is -0.426. The van der Waals surface area contributed by atoms with Crippen LogP contribution in [0.15, 0.2) is 18.2 Å². The lowest BCUT2D eigenvalue weighted by Gasteiger charge is -2.30. The van der Waals surface area contributed by atoms with Crippen LogP contribution in [0.2, 0.25) is 0 Å². The standard InChI is InChI=1S/C14H15NO4/c1-14(2)6-10(16)7-15(14)13(17)9-3-4-11-12(5-9)19-8-18-11/h3-5H,6-8H2,1-2H3. The van der Waals surface area contributed by atoms with Crippen molar-refractivity contribution in [2.24, 2.45) is 0 Å². The first-order chi connectivity index (χ1) is 8.97. The molecule has 0 bridgehead atoms. The van der Waals surface area contributed by atoms with Crippen molar-refractivity contribution in [2.45, 2.75) is 25.8 Å². The molecular formula is C14H15NO4. The highest BCUT2D eigenvalue weighted by molar-refractivity contribution is 6.00. The van der Waals surface area contributed by atoms with Gasteiger partial charge in [0.1, 0.15) is 0 Å². The molecule has 5 nitrogen and oxygen atoms in total. The van der Waals surface area contributed by atoms with E-state index in [0.29, 0.717) is 23.5 Å². The molecule has 1 aromatic rings. The predicted octanol–water partition coefficient (Wildman–Crippen LogP) is 1.61. The Morgan fingerprint density at radius 1 is 1.26 bits per heavy atom. The van der Waals surface area contributed by atoms with Gasteiger partial charge in [-0.1, -0.05) is 0 Å². The van der Waals surface area contributed by atoms with Crippen molar-refractivity contribution in [3.8, 4) is 11.5 Å². The molecule has 1 amide bonds. The van der Waals surface area contributed by atoms with Crippen LogP contribution in [0.3, 0.4) is 0 Å². The Balaban J connectivity index is 1.90. The molecule has 0 unspecified atom stereocenters. The van der Waals surface area contributed by atoms with Gasteiger partial charge < -0.3 is 14.4 Å². The summed E-state index contributed by atoms with van der Waals surface area (Å²) >= 11 is 0. The highest BCUT2D eigenvalue weighted by atomic mass is 16.7. The average molecular weight is 261 g/mol. The number of benzene rings is 1.